The summed E-state index contributed by atoms with van der Waals surface area (Å²) in [5.74, 6) is 0. The molecule has 0 bridgehead atoms. The minimum atomic E-state index is 1.10. The summed E-state index contributed by atoms with van der Waals surface area (Å²) in [7, 11) is 0. The maximum absolute atomic E-state index is 3.54. The molecule has 0 aliphatic heterocycles. The first-order valence-corrected chi connectivity index (χ1v) is 11.7. The Morgan fingerprint density at radius 2 is 1.03 bits per heavy atom. The van der Waals surface area contributed by atoms with E-state index in [1.54, 1.807) is 0 Å². The number of anilines is 2. The van der Waals surface area contributed by atoms with Crippen molar-refractivity contribution in [2.45, 2.75) is 0 Å². The second-order valence-corrected chi connectivity index (χ2v) is 9.18. The molecule has 2 heterocycles. The minimum Gasteiger partial charge on any atom is -0.356 e. The molecule has 0 fully saturated rings. The summed E-state index contributed by atoms with van der Waals surface area (Å²) in [4.78, 5) is 0. The van der Waals surface area contributed by atoms with E-state index in [4.69, 9.17) is 0 Å². The maximum Gasteiger partial charge on any atom is 0.0620 e. The molecule has 0 aliphatic rings. The third-order valence-corrected chi connectivity index (χ3v) is 7.20. The lowest BCUT2D eigenvalue weighted by Gasteiger charge is -2.08. The van der Waals surface area contributed by atoms with Crippen molar-refractivity contribution in [2.75, 3.05) is 5.32 Å². The molecule has 0 saturated heterocycles. The standard InChI is InChI=1S/C32H20N2/c1-2-9-24(10-3-1)33-25-14-13-22-17-29-27-12-6-11-26-28-16-20-7-4-5-8-21(20)18-30(28)34(32(26)27)31(29)19-23(22)15-25/h1-19,33H. The van der Waals surface area contributed by atoms with Crippen LogP contribution in [0.2, 0.25) is 0 Å². The number of aromatic nitrogens is 1. The molecule has 158 valence electrons. The number of hydrogen-bond donors (Lipinski definition) is 1. The Hall–Kier alpha value is -4.56. The van der Waals surface area contributed by atoms with E-state index in [0.717, 1.165) is 11.4 Å². The molecule has 8 rings (SSSR count). The van der Waals surface area contributed by atoms with E-state index < -0.39 is 0 Å². The highest BCUT2D eigenvalue weighted by molar-refractivity contribution is 6.25. The van der Waals surface area contributed by atoms with Crippen LogP contribution in [0.15, 0.2) is 115 Å². The lowest BCUT2D eigenvalue weighted by molar-refractivity contribution is 1.38. The van der Waals surface area contributed by atoms with Crippen molar-refractivity contribution in [3.63, 3.8) is 0 Å². The number of fused-ring (bicyclic) bond motifs is 8. The molecule has 6 aromatic carbocycles. The van der Waals surface area contributed by atoms with Gasteiger partial charge < -0.3 is 9.72 Å². The number of benzene rings is 6. The number of nitrogens with one attached hydrogen (secondary N) is 1. The second-order valence-electron chi connectivity index (χ2n) is 9.18. The van der Waals surface area contributed by atoms with Crippen LogP contribution in [0.25, 0.3) is 59.6 Å². The predicted octanol–water partition coefficient (Wildman–Crippen LogP) is 8.89. The monoisotopic (exact) mass is 432 g/mol. The van der Waals surface area contributed by atoms with E-state index in [2.05, 4.69) is 119 Å². The van der Waals surface area contributed by atoms with Crippen molar-refractivity contribution in [3.8, 4) is 0 Å². The minimum absolute atomic E-state index is 1.10. The molecule has 0 amide bonds. The fraction of sp³-hybridized carbons (Fsp3) is 0. The Morgan fingerprint density at radius 3 is 1.76 bits per heavy atom. The summed E-state index contributed by atoms with van der Waals surface area (Å²) >= 11 is 0. The van der Waals surface area contributed by atoms with Gasteiger partial charge in [-0.05, 0) is 70.1 Å². The molecule has 0 saturated carbocycles. The smallest absolute Gasteiger partial charge is 0.0620 e. The highest BCUT2D eigenvalue weighted by Gasteiger charge is 2.18. The summed E-state index contributed by atoms with van der Waals surface area (Å²) in [5, 5.41) is 13.9. The zero-order chi connectivity index (χ0) is 22.2. The Bertz CT molecular complexity index is 2030. The van der Waals surface area contributed by atoms with Crippen molar-refractivity contribution < 1.29 is 0 Å². The third-order valence-electron chi connectivity index (χ3n) is 7.20. The molecule has 34 heavy (non-hydrogen) atoms. The predicted molar refractivity (Wildman–Crippen MR) is 146 cm³/mol. The molecule has 0 unspecified atom stereocenters. The van der Waals surface area contributed by atoms with E-state index in [-0.39, 0.29) is 0 Å². The van der Waals surface area contributed by atoms with Gasteiger partial charge in [0.05, 0.1) is 16.6 Å². The first-order valence-electron chi connectivity index (χ1n) is 11.7. The van der Waals surface area contributed by atoms with Gasteiger partial charge >= 0.3 is 0 Å². The third kappa shape index (κ3) is 2.40. The average molecular weight is 433 g/mol. The number of hydrogen-bond acceptors (Lipinski definition) is 1. The van der Waals surface area contributed by atoms with E-state index in [0.29, 0.717) is 0 Å². The van der Waals surface area contributed by atoms with Crippen molar-refractivity contribution in [1.29, 1.82) is 0 Å². The Morgan fingerprint density at radius 1 is 0.412 bits per heavy atom. The van der Waals surface area contributed by atoms with Crippen LogP contribution >= 0.6 is 0 Å². The van der Waals surface area contributed by atoms with Crippen LogP contribution in [0.4, 0.5) is 11.4 Å². The Kier molecular flexibility index (Phi) is 3.42. The summed E-state index contributed by atoms with van der Waals surface area (Å²) in [6, 6.07) is 41.8. The average Bonchev–Trinajstić information content (AvgIpc) is 3.38. The number of nitrogens with zero attached hydrogens (tertiary/aromatic N) is 1. The summed E-state index contributed by atoms with van der Waals surface area (Å²) in [5.41, 5.74) is 6.06. The number of para-hydroxylation sites is 2. The van der Waals surface area contributed by atoms with Gasteiger partial charge in [0.1, 0.15) is 0 Å². The van der Waals surface area contributed by atoms with Crippen LogP contribution in [0.3, 0.4) is 0 Å². The van der Waals surface area contributed by atoms with Gasteiger partial charge in [-0.2, -0.15) is 0 Å². The van der Waals surface area contributed by atoms with Gasteiger partial charge in [-0.1, -0.05) is 66.7 Å². The zero-order valence-corrected chi connectivity index (χ0v) is 18.4. The lowest BCUT2D eigenvalue weighted by Crippen LogP contribution is -1.89. The van der Waals surface area contributed by atoms with Crippen LogP contribution < -0.4 is 5.32 Å². The highest BCUT2D eigenvalue weighted by Crippen LogP contribution is 2.41. The van der Waals surface area contributed by atoms with Crippen molar-refractivity contribution in [2.24, 2.45) is 0 Å². The van der Waals surface area contributed by atoms with E-state index in [9.17, 15) is 0 Å². The molecular weight excluding hydrogens is 412 g/mol. The lowest BCUT2D eigenvalue weighted by atomic mass is 10.0. The quantitative estimate of drug-likeness (QED) is 0.288. The fourth-order valence-corrected chi connectivity index (χ4v) is 5.67. The Balaban J connectivity index is 1.46. The molecular formula is C32H20N2. The molecule has 0 radical (unpaired) electrons. The highest BCUT2D eigenvalue weighted by atomic mass is 14.9. The maximum atomic E-state index is 3.54. The SMILES string of the molecule is c1ccc(Nc2ccc3cc4c5cccc6c7cc8ccccc8cc7n(c4cc3c2)c65)cc1. The van der Waals surface area contributed by atoms with Gasteiger partial charge in [0.15, 0.2) is 0 Å². The Labute approximate surface area is 196 Å². The molecule has 2 aromatic heterocycles. The zero-order valence-electron chi connectivity index (χ0n) is 18.4. The second kappa shape index (κ2) is 6.49. The summed E-state index contributed by atoms with van der Waals surface area (Å²) in [6.07, 6.45) is 0. The van der Waals surface area contributed by atoms with E-state index in [1.165, 1.54) is 59.6 Å². The molecule has 0 spiro atoms. The molecule has 1 N–H and O–H groups in total. The summed E-state index contributed by atoms with van der Waals surface area (Å²) in [6.45, 7) is 0. The van der Waals surface area contributed by atoms with Crippen LogP contribution in [-0.4, -0.2) is 4.40 Å². The van der Waals surface area contributed by atoms with Crippen molar-refractivity contribution in [3.05, 3.63) is 115 Å². The van der Waals surface area contributed by atoms with Crippen LogP contribution in [0.5, 0.6) is 0 Å². The first-order chi connectivity index (χ1) is 16.8. The van der Waals surface area contributed by atoms with Crippen LogP contribution in [0.1, 0.15) is 0 Å². The molecule has 0 aliphatic carbocycles. The van der Waals surface area contributed by atoms with Crippen LogP contribution in [-0.2, 0) is 0 Å². The van der Waals surface area contributed by atoms with Crippen molar-refractivity contribution >= 4 is 71.0 Å². The van der Waals surface area contributed by atoms with Gasteiger partial charge in [0, 0.05) is 32.9 Å². The van der Waals surface area contributed by atoms with Gasteiger partial charge in [-0.15, -0.1) is 0 Å². The van der Waals surface area contributed by atoms with E-state index in [1.807, 2.05) is 6.07 Å². The normalized spacial score (nSPS) is 12.1. The molecule has 2 heteroatoms. The van der Waals surface area contributed by atoms with Crippen LogP contribution in [0, 0.1) is 0 Å². The number of rotatable bonds is 2. The fourth-order valence-electron chi connectivity index (χ4n) is 5.67. The van der Waals surface area contributed by atoms with E-state index >= 15 is 0 Å². The summed E-state index contributed by atoms with van der Waals surface area (Å²) < 4.78 is 2.47. The molecule has 0 atom stereocenters. The van der Waals surface area contributed by atoms with Crippen molar-refractivity contribution in [1.82, 2.24) is 4.40 Å². The molecule has 8 aromatic rings. The largest absolute Gasteiger partial charge is 0.356 e. The van der Waals surface area contributed by atoms with Gasteiger partial charge in [0.2, 0.25) is 0 Å². The van der Waals surface area contributed by atoms with Gasteiger partial charge in [-0.25, -0.2) is 0 Å². The van der Waals surface area contributed by atoms with Gasteiger partial charge in [-0.3, -0.25) is 0 Å². The first kappa shape index (κ1) is 17.9. The molecule has 2 nitrogen and oxygen atoms in total. The topological polar surface area (TPSA) is 16.4 Å². The van der Waals surface area contributed by atoms with Gasteiger partial charge in [0.25, 0.3) is 0 Å².